The van der Waals surface area contributed by atoms with Gasteiger partial charge in [0.2, 0.25) is 17.7 Å². The lowest BCUT2D eigenvalue weighted by Gasteiger charge is -2.37. The third-order valence-electron chi connectivity index (χ3n) is 9.80. The van der Waals surface area contributed by atoms with E-state index in [0.29, 0.717) is 18.9 Å². The van der Waals surface area contributed by atoms with Crippen LogP contribution in [0.15, 0.2) is 48.7 Å². The summed E-state index contributed by atoms with van der Waals surface area (Å²) in [5.41, 5.74) is 4.80. The molecule has 0 saturated carbocycles. The van der Waals surface area contributed by atoms with Crippen LogP contribution in [-0.4, -0.2) is 66.6 Å². The maximum absolute atomic E-state index is 13.6. The fourth-order valence-electron chi connectivity index (χ4n) is 7.16. The van der Waals surface area contributed by atoms with E-state index in [4.69, 9.17) is 9.97 Å². The van der Waals surface area contributed by atoms with Crippen LogP contribution in [0.1, 0.15) is 102 Å². The van der Waals surface area contributed by atoms with E-state index in [1.807, 2.05) is 79.2 Å². The lowest BCUT2D eigenvalue weighted by Crippen LogP contribution is -2.54. The number of H-pyrrole nitrogens is 2. The lowest BCUT2D eigenvalue weighted by molar-refractivity contribution is -0.141. The fraction of sp³-hybridized carbons (Fsp3) is 0.462. The van der Waals surface area contributed by atoms with Gasteiger partial charge in [-0.05, 0) is 80.3 Å². The van der Waals surface area contributed by atoms with Gasteiger partial charge in [-0.2, -0.15) is 0 Å². The van der Waals surface area contributed by atoms with Crippen molar-refractivity contribution in [3.05, 3.63) is 71.4 Å². The van der Waals surface area contributed by atoms with E-state index in [-0.39, 0.29) is 29.7 Å². The van der Waals surface area contributed by atoms with Crippen LogP contribution in [0, 0.1) is 23.7 Å². The minimum atomic E-state index is -0.593. The van der Waals surface area contributed by atoms with Crippen LogP contribution in [0.4, 0.5) is 0 Å². The van der Waals surface area contributed by atoms with Gasteiger partial charge in [0.1, 0.15) is 17.7 Å². The molecule has 49 heavy (non-hydrogen) atoms. The molecule has 2 fully saturated rings. The Balaban J connectivity index is 1.15. The number of likely N-dealkylation sites (tertiary alicyclic amines) is 2. The summed E-state index contributed by atoms with van der Waals surface area (Å²) in [6.07, 6.45) is 5.93. The number of carbonyl (C=O) groups is 3. The minimum Gasteiger partial charge on any atom is -0.344 e. The van der Waals surface area contributed by atoms with Crippen LogP contribution in [-0.2, 0) is 19.9 Å². The molecule has 0 bridgehead atoms. The van der Waals surface area contributed by atoms with Gasteiger partial charge in [0.05, 0.1) is 34.5 Å². The summed E-state index contributed by atoms with van der Waals surface area (Å²) in [7, 11) is 0. The van der Waals surface area contributed by atoms with E-state index in [9.17, 15) is 14.4 Å². The number of nitrogens with one attached hydrogen (secondary N) is 3. The van der Waals surface area contributed by atoms with Gasteiger partial charge in [0.15, 0.2) is 0 Å². The first kappa shape index (κ1) is 34.0. The van der Waals surface area contributed by atoms with E-state index < -0.39 is 11.6 Å². The summed E-state index contributed by atoms with van der Waals surface area (Å²) >= 11 is 0. The molecule has 256 valence electrons. The van der Waals surface area contributed by atoms with Crippen LogP contribution >= 0.6 is 0 Å². The molecule has 4 heterocycles. The number of aromatic amines is 2. The molecule has 0 aliphatic carbocycles. The number of nitrogens with zero attached hydrogens (tertiary/aromatic N) is 4. The first-order chi connectivity index (χ1) is 23.4. The Kier molecular flexibility index (Phi) is 9.64. The molecule has 6 rings (SSSR count). The Morgan fingerprint density at radius 1 is 1.00 bits per heavy atom. The molecule has 2 saturated heterocycles. The quantitative estimate of drug-likeness (QED) is 0.198. The zero-order valence-corrected chi connectivity index (χ0v) is 29.4. The Labute approximate surface area is 288 Å². The normalized spacial score (nSPS) is 19.8. The Hall–Kier alpha value is -4.91. The molecule has 3 N–H and O–H groups in total. The fourth-order valence-corrected chi connectivity index (χ4v) is 7.16. The van der Waals surface area contributed by atoms with E-state index in [1.165, 1.54) is 6.92 Å². The summed E-state index contributed by atoms with van der Waals surface area (Å²) in [5.74, 6) is 8.36. The summed E-state index contributed by atoms with van der Waals surface area (Å²) in [5, 5.41) is 2.84. The van der Waals surface area contributed by atoms with Crippen molar-refractivity contribution in [3.63, 3.8) is 0 Å². The van der Waals surface area contributed by atoms with E-state index in [2.05, 4.69) is 41.0 Å². The number of amides is 3. The highest BCUT2D eigenvalue weighted by molar-refractivity contribution is 5.88. The summed E-state index contributed by atoms with van der Waals surface area (Å²) in [6, 6.07) is 13.4. The molecule has 2 aliphatic heterocycles. The highest BCUT2D eigenvalue weighted by atomic mass is 16.2. The molecular formula is C39H47N7O3. The highest BCUT2D eigenvalue weighted by Gasteiger charge is 2.45. The molecule has 3 amide bonds. The molecule has 3 atom stereocenters. The van der Waals surface area contributed by atoms with Crippen LogP contribution in [0.5, 0.6) is 0 Å². The Bertz CT molecular complexity index is 1910. The van der Waals surface area contributed by atoms with Crippen molar-refractivity contribution in [3.8, 4) is 23.1 Å². The number of hydrogen-bond acceptors (Lipinski definition) is 5. The topological polar surface area (TPSA) is 127 Å². The molecule has 0 spiro atoms. The Morgan fingerprint density at radius 2 is 1.73 bits per heavy atom. The zero-order chi connectivity index (χ0) is 34.9. The van der Waals surface area contributed by atoms with Crippen molar-refractivity contribution < 1.29 is 14.4 Å². The van der Waals surface area contributed by atoms with Gasteiger partial charge < -0.3 is 25.1 Å². The van der Waals surface area contributed by atoms with E-state index >= 15 is 0 Å². The molecule has 2 aliphatic rings. The first-order valence-corrected chi connectivity index (χ1v) is 17.5. The van der Waals surface area contributed by atoms with Crippen LogP contribution in [0.2, 0.25) is 0 Å². The monoisotopic (exact) mass is 661 g/mol. The molecule has 0 radical (unpaired) electrons. The maximum Gasteiger partial charge on any atom is 0.246 e. The number of aromatic nitrogens is 4. The largest absolute Gasteiger partial charge is 0.344 e. The number of imidazole rings is 2. The third-order valence-corrected chi connectivity index (χ3v) is 9.80. The third kappa shape index (κ3) is 7.12. The SMILES string of the molecule is CC(=O)N[C@H](C(=O)N1CCC[C@]1(C)c1ncc(-c2ccc(C#Cc3ccc4nc([C@@H]5CCCN5C(=O)CC(C)C)[nH]c4c3)cc2)[nH]1)C(C)C. The minimum absolute atomic E-state index is 0.00706. The van der Waals surface area contributed by atoms with Gasteiger partial charge in [-0.25, -0.2) is 9.97 Å². The van der Waals surface area contributed by atoms with Gasteiger partial charge in [-0.15, -0.1) is 0 Å². The van der Waals surface area contributed by atoms with Crippen molar-refractivity contribution in [1.82, 2.24) is 35.1 Å². The predicted molar refractivity (Wildman–Crippen MR) is 190 cm³/mol. The van der Waals surface area contributed by atoms with E-state index in [0.717, 1.165) is 77.3 Å². The molecule has 2 aromatic carbocycles. The van der Waals surface area contributed by atoms with Gasteiger partial charge in [-0.1, -0.05) is 51.7 Å². The van der Waals surface area contributed by atoms with Crippen molar-refractivity contribution in [1.29, 1.82) is 0 Å². The molecule has 2 aromatic heterocycles. The second-order valence-electron chi connectivity index (χ2n) is 14.5. The van der Waals surface area contributed by atoms with Gasteiger partial charge >= 0.3 is 0 Å². The number of fused-ring (bicyclic) bond motifs is 1. The van der Waals surface area contributed by atoms with Crippen LogP contribution < -0.4 is 5.32 Å². The second kappa shape index (κ2) is 13.9. The standard InChI is InChI=1S/C39H47N7O3/c1-24(2)21-34(48)45-19-7-9-33(45)36-42-30-17-14-28(22-31(30)43-36)11-10-27-12-15-29(16-13-27)32-23-40-38(44-32)39(6)18-8-20-46(39)37(49)35(25(3)4)41-26(5)47/h12-17,22-25,33,35H,7-9,18-21H2,1-6H3,(H,40,44)(H,41,47)(H,42,43)/t33-,35-,39+/m0/s1. The average molecular weight is 662 g/mol. The van der Waals surface area contributed by atoms with Crippen molar-refractivity contribution in [2.24, 2.45) is 11.8 Å². The predicted octanol–water partition coefficient (Wildman–Crippen LogP) is 6.06. The zero-order valence-electron chi connectivity index (χ0n) is 29.4. The van der Waals surface area contributed by atoms with E-state index in [1.54, 1.807) is 0 Å². The number of hydrogen-bond donors (Lipinski definition) is 3. The molecule has 4 aromatic rings. The summed E-state index contributed by atoms with van der Waals surface area (Å²) in [4.78, 5) is 58.6. The molecule has 0 unspecified atom stereocenters. The number of benzene rings is 2. The number of rotatable bonds is 8. The number of carbonyl (C=O) groups excluding carboxylic acids is 3. The van der Waals surface area contributed by atoms with Crippen LogP contribution in [0.3, 0.4) is 0 Å². The van der Waals surface area contributed by atoms with Gasteiger partial charge in [0.25, 0.3) is 0 Å². The van der Waals surface area contributed by atoms with Gasteiger partial charge in [-0.3, -0.25) is 14.4 Å². The Morgan fingerprint density at radius 3 is 2.45 bits per heavy atom. The smallest absolute Gasteiger partial charge is 0.246 e. The second-order valence-corrected chi connectivity index (χ2v) is 14.5. The van der Waals surface area contributed by atoms with Crippen molar-refractivity contribution in [2.45, 2.75) is 91.3 Å². The summed E-state index contributed by atoms with van der Waals surface area (Å²) in [6.45, 7) is 12.9. The molecule has 10 heteroatoms. The highest BCUT2D eigenvalue weighted by Crippen LogP contribution is 2.39. The summed E-state index contributed by atoms with van der Waals surface area (Å²) < 4.78 is 0. The van der Waals surface area contributed by atoms with Gasteiger partial charge in [0, 0.05) is 37.6 Å². The molecule has 10 nitrogen and oxygen atoms in total. The lowest BCUT2D eigenvalue weighted by atomic mass is 9.95. The average Bonchev–Trinajstić information content (AvgIpc) is 3.88. The van der Waals surface area contributed by atoms with Crippen molar-refractivity contribution in [2.75, 3.05) is 13.1 Å². The molecular weight excluding hydrogens is 614 g/mol. The van der Waals surface area contributed by atoms with Crippen molar-refractivity contribution >= 4 is 28.8 Å². The van der Waals surface area contributed by atoms with Crippen LogP contribution in [0.25, 0.3) is 22.3 Å². The first-order valence-electron chi connectivity index (χ1n) is 17.5. The maximum atomic E-state index is 13.6.